The summed E-state index contributed by atoms with van der Waals surface area (Å²) in [7, 11) is -0.901. The van der Waals surface area contributed by atoms with Gasteiger partial charge < -0.3 is 29.1 Å². The molecule has 0 unspecified atom stereocenters. The first kappa shape index (κ1) is 37.3. The second-order valence-electron chi connectivity index (χ2n) is 15.7. The van der Waals surface area contributed by atoms with E-state index in [9.17, 15) is 14.7 Å². The number of methoxy groups -OCH3 is 1. The number of hydrogen-bond acceptors (Lipinski definition) is 7. The van der Waals surface area contributed by atoms with E-state index in [0.717, 1.165) is 27.6 Å². The largest absolute Gasteiger partial charge is 0.497 e. The Hall–Kier alpha value is -4.68. The molecule has 10 nitrogen and oxygen atoms in total. The Morgan fingerprint density at radius 3 is 2.47 bits per heavy atom. The zero-order valence-electron chi connectivity index (χ0n) is 31.5. The molecule has 4 aliphatic heterocycles. The first-order valence-electron chi connectivity index (χ1n) is 18.9. The zero-order valence-corrected chi connectivity index (χ0v) is 33.3. The van der Waals surface area contributed by atoms with Crippen molar-refractivity contribution in [3.8, 4) is 5.75 Å². The Morgan fingerprint density at radius 2 is 1.76 bits per heavy atom. The lowest BCUT2D eigenvalue weighted by Crippen LogP contribution is -2.52. The maximum atomic E-state index is 15.3. The third-order valence-corrected chi connectivity index (χ3v) is 17.0. The van der Waals surface area contributed by atoms with Crippen LogP contribution < -0.4 is 19.7 Å². The molecule has 286 valence electrons. The molecule has 2 saturated heterocycles. The fraction of sp³-hybridized carbons (Fsp3) is 0.372. The molecule has 12 heteroatoms. The predicted octanol–water partition coefficient (Wildman–Crippen LogP) is 6.40. The molecule has 5 atom stereocenters. The van der Waals surface area contributed by atoms with Crippen LogP contribution >= 0.6 is 11.6 Å². The first-order chi connectivity index (χ1) is 26.5. The Bertz CT molecular complexity index is 2150. The number of rotatable bonds is 9. The third-order valence-electron chi connectivity index (χ3n) is 12.4. The molecule has 2 fully saturated rings. The van der Waals surface area contributed by atoms with Crippen LogP contribution in [0.5, 0.6) is 5.75 Å². The molecule has 4 heterocycles. The van der Waals surface area contributed by atoms with Crippen molar-refractivity contribution in [1.82, 2.24) is 4.90 Å². The molecule has 4 aliphatic rings. The first-order valence-corrected chi connectivity index (χ1v) is 22.4. The summed E-state index contributed by atoms with van der Waals surface area (Å²) in [4.78, 5) is 47.4. The van der Waals surface area contributed by atoms with Crippen molar-refractivity contribution in [3.63, 3.8) is 0 Å². The van der Waals surface area contributed by atoms with Crippen molar-refractivity contribution >= 4 is 54.1 Å². The molecule has 0 radical (unpaired) electrons. The van der Waals surface area contributed by atoms with E-state index in [-0.39, 0.29) is 48.9 Å². The molecule has 0 aromatic heterocycles. The predicted molar refractivity (Wildman–Crippen MR) is 214 cm³/mol. The van der Waals surface area contributed by atoms with Gasteiger partial charge in [-0.1, -0.05) is 85.3 Å². The monoisotopic (exact) mass is 779 g/mol. The van der Waals surface area contributed by atoms with Gasteiger partial charge in [-0.2, -0.15) is 0 Å². The number of ether oxygens (including phenoxy) is 3. The number of anilines is 2. The van der Waals surface area contributed by atoms with Crippen molar-refractivity contribution in [1.29, 1.82) is 0 Å². The summed E-state index contributed by atoms with van der Waals surface area (Å²) in [6.45, 7) is 7.93. The van der Waals surface area contributed by atoms with Crippen LogP contribution in [0.3, 0.4) is 0 Å². The van der Waals surface area contributed by atoms with E-state index in [1.54, 1.807) is 27.9 Å². The van der Waals surface area contributed by atoms with Gasteiger partial charge in [-0.05, 0) is 71.1 Å². The number of aliphatic hydroxyl groups excluding tert-OH is 1. The summed E-state index contributed by atoms with van der Waals surface area (Å²) >= 11 is 6.72. The lowest BCUT2D eigenvalue weighted by Gasteiger charge is -2.39. The average molecular weight is 780 g/mol. The van der Waals surface area contributed by atoms with Crippen molar-refractivity contribution in [2.75, 3.05) is 36.7 Å². The summed E-state index contributed by atoms with van der Waals surface area (Å²) in [5.74, 6) is 0.0926. The number of carbonyl (C=O) groups is 3. The molecule has 0 bridgehead atoms. The summed E-state index contributed by atoms with van der Waals surface area (Å²) in [5.41, 5.74) is 3.56. The number of nitrogens with zero attached hydrogens (tertiary/aromatic N) is 3. The Kier molecular flexibility index (Phi) is 9.77. The van der Waals surface area contributed by atoms with Gasteiger partial charge in [0.2, 0.25) is 5.91 Å². The smallest absolute Gasteiger partial charge is 0.414 e. The number of aliphatic hydroxyl groups is 1. The Balaban J connectivity index is 1.18. The Labute approximate surface area is 327 Å². The van der Waals surface area contributed by atoms with Crippen LogP contribution in [0.1, 0.15) is 35.6 Å². The number of halogens is 1. The molecule has 4 aromatic carbocycles. The number of hydrogen-bond donors (Lipinski definition) is 1. The van der Waals surface area contributed by atoms with E-state index in [0.29, 0.717) is 48.1 Å². The van der Waals surface area contributed by atoms with E-state index in [1.165, 1.54) is 0 Å². The number of carbonyl (C=O) groups excluding carboxylic acids is 3. The van der Waals surface area contributed by atoms with Gasteiger partial charge in [-0.25, -0.2) is 4.79 Å². The zero-order chi connectivity index (χ0) is 38.6. The SMILES string of the molecule is COc1ccc([Si](C)(C)[C@@H]2[C@@H](CC(=O)N3Cc4ccccc4C[C@H]3CO)O[C@]3(C(=O)N(Cc4cccc(N5CCOC5=O)c4)c4ccc(Cl)cc43)[C@H]2C)cc1. The molecular weight excluding hydrogens is 734 g/mol. The van der Waals surface area contributed by atoms with Crippen molar-refractivity contribution in [2.24, 2.45) is 5.92 Å². The van der Waals surface area contributed by atoms with Crippen molar-refractivity contribution in [2.45, 2.75) is 69.2 Å². The van der Waals surface area contributed by atoms with Gasteiger partial charge in [0.15, 0.2) is 5.60 Å². The van der Waals surface area contributed by atoms with Crippen molar-refractivity contribution in [3.05, 3.63) is 118 Å². The second kappa shape index (κ2) is 14.4. The number of benzene rings is 4. The van der Waals surface area contributed by atoms with Gasteiger partial charge in [-0.15, -0.1) is 0 Å². The van der Waals surface area contributed by atoms with Gasteiger partial charge in [0.05, 0.1) is 59.1 Å². The topological polar surface area (TPSA) is 109 Å². The number of amides is 3. The molecule has 0 saturated carbocycles. The van der Waals surface area contributed by atoms with E-state index < -0.39 is 25.9 Å². The molecule has 8 rings (SSSR count). The minimum absolute atomic E-state index is 0.0547. The normalized spacial score (nSPS) is 24.7. The van der Waals surface area contributed by atoms with Crippen LogP contribution in [0, 0.1) is 5.92 Å². The van der Waals surface area contributed by atoms with Gasteiger partial charge in [0, 0.05) is 28.7 Å². The molecular formula is C43H46ClN3O7Si. The minimum atomic E-state index is -2.54. The summed E-state index contributed by atoms with van der Waals surface area (Å²) in [6.07, 6.45) is -0.378. The van der Waals surface area contributed by atoms with Crippen molar-refractivity contribution < 1.29 is 33.7 Å². The quantitative estimate of drug-likeness (QED) is 0.196. The molecule has 1 N–H and O–H groups in total. The Morgan fingerprint density at radius 1 is 1.00 bits per heavy atom. The fourth-order valence-electron chi connectivity index (χ4n) is 9.61. The lowest BCUT2D eigenvalue weighted by atomic mass is 9.82. The highest BCUT2D eigenvalue weighted by molar-refractivity contribution is 6.91. The molecule has 3 amide bonds. The third kappa shape index (κ3) is 6.31. The molecule has 55 heavy (non-hydrogen) atoms. The van der Waals surface area contributed by atoms with Gasteiger partial charge in [0.25, 0.3) is 5.91 Å². The highest BCUT2D eigenvalue weighted by Crippen LogP contribution is 2.60. The lowest BCUT2D eigenvalue weighted by molar-refractivity contribution is -0.151. The van der Waals surface area contributed by atoms with Gasteiger partial charge in [0.1, 0.15) is 12.4 Å². The molecule has 1 spiro atoms. The maximum Gasteiger partial charge on any atom is 0.414 e. The van der Waals surface area contributed by atoms with Crippen LogP contribution in [-0.4, -0.2) is 75.0 Å². The van der Waals surface area contributed by atoms with Crippen LogP contribution in [0.25, 0.3) is 0 Å². The van der Waals surface area contributed by atoms with E-state index >= 15 is 4.79 Å². The molecule has 4 aromatic rings. The molecule has 0 aliphatic carbocycles. The summed E-state index contributed by atoms with van der Waals surface area (Å²) in [5, 5.41) is 12.1. The van der Waals surface area contributed by atoms with Crippen LogP contribution in [0.2, 0.25) is 23.7 Å². The maximum absolute atomic E-state index is 15.3. The van der Waals surface area contributed by atoms with E-state index in [4.69, 9.17) is 25.8 Å². The minimum Gasteiger partial charge on any atom is -0.497 e. The highest BCUT2D eigenvalue weighted by Gasteiger charge is 2.66. The summed E-state index contributed by atoms with van der Waals surface area (Å²) in [6, 6.07) is 28.9. The van der Waals surface area contributed by atoms with E-state index in [2.05, 4.69) is 38.2 Å². The highest BCUT2D eigenvalue weighted by atomic mass is 35.5. The number of fused-ring (bicyclic) bond motifs is 3. The van der Waals surface area contributed by atoms with Crippen LogP contribution in [0.15, 0.2) is 91.0 Å². The van der Waals surface area contributed by atoms with Gasteiger partial charge in [-0.3, -0.25) is 14.5 Å². The average Bonchev–Trinajstić information content (AvgIpc) is 3.82. The fourth-order valence-corrected chi connectivity index (χ4v) is 13.8. The second-order valence-corrected chi connectivity index (χ2v) is 20.8. The van der Waals surface area contributed by atoms with Crippen LogP contribution in [0.4, 0.5) is 16.2 Å². The number of cyclic esters (lactones) is 1. The standard InChI is InChI=1S/C43H46ClN3O7Si/c1-27-40(55(3,4)35-15-13-34(52-2)14-16-35)38(23-39(49)46-25-30-10-6-5-9-29(30)21-33(46)26-48)54-43(27)36-22-31(44)12-17-37(36)47(41(43)50)24-28-8-7-11-32(20-28)45-18-19-53-42(45)51/h5-17,20,22,27,33,38,40,48H,18-19,21,23-26H2,1-4H3/t27-,33-,38+,40-,43+/m0/s1. The van der Waals surface area contributed by atoms with E-state index in [1.807, 2.05) is 66.7 Å². The van der Waals surface area contributed by atoms with Crippen LogP contribution in [-0.2, 0) is 44.2 Å². The summed E-state index contributed by atoms with van der Waals surface area (Å²) < 4.78 is 17.9. The van der Waals surface area contributed by atoms with Gasteiger partial charge >= 0.3 is 6.09 Å².